The van der Waals surface area contributed by atoms with Crippen LogP contribution in [0.1, 0.15) is 49.3 Å². The maximum Gasteiger partial charge on any atom is 0.194 e. The van der Waals surface area contributed by atoms with Crippen molar-refractivity contribution in [1.29, 1.82) is 0 Å². The first kappa shape index (κ1) is 20.8. The van der Waals surface area contributed by atoms with Gasteiger partial charge in [0.1, 0.15) is 5.76 Å². The molecule has 2 saturated carbocycles. The molecule has 3 aliphatic rings. The monoisotopic (exact) mass is 509 g/mol. The fraction of sp³-hybridized carbons (Fsp3) is 0.636. The summed E-state index contributed by atoms with van der Waals surface area (Å²) in [4.78, 5) is 7.48. The number of likely N-dealkylation sites (tertiary alicyclic amines) is 1. The first-order valence-corrected chi connectivity index (χ1v) is 10.8. The van der Waals surface area contributed by atoms with Crippen LogP contribution in [0.2, 0.25) is 0 Å². The summed E-state index contributed by atoms with van der Waals surface area (Å²) in [5.41, 5.74) is 1.35. The molecule has 2 bridgehead atoms. The van der Waals surface area contributed by atoms with E-state index in [1.807, 2.05) is 30.1 Å². The Morgan fingerprint density at radius 2 is 2.24 bits per heavy atom. The fourth-order valence-electron chi connectivity index (χ4n) is 5.43. The summed E-state index contributed by atoms with van der Waals surface area (Å²) in [7, 11) is 1.99. The molecule has 2 aliphatic carbocycles. The number of guanidine groups is 1. The highest BCUT2D eigenvalue weighted by Gasteiger charge is 2.40. The number of aliphatic imine (C=N–C) groups is 1. The Hall–Kier alpha value is -1.51. The van der Waals surface area contributed by atoms with Gasteiger partial charge in [-0.25, -0.2) is 0 Å². The molecule has 4 atom stereocenters. The van der Waals surface area contributed by atoms with Gasteiger partial charge >= 0.3 is 0 Å². The number of furan rings is 1. The molecule has 4 unspecified atom stereocenters. The van der Waals surface area contributed by atoms with Gasteiger partial charge in [-0.15, -0.1) is 24.0 Å². The number of nitrogens with one attached hydrogen (secondary N) is 1. The van der Waals surface area contributed by atoms with Gasteiger partial charge in [0.05, 0.1) is 12.5 Å². The second-order valence-electron chi connectivity index (χ2n) is 8.84. The molecule has 5 rings (SSSR count). The largest absolute Gasteiger partial charge is 0.469 e. The Morgan fingerprint density at radius 3 is 2.93 bits per heavy atom. The molecule has 0 aromatic carbocycles. The van der Waals surface area contributed by atoms with E-state index in [-0.39, 0.29) is 24.0 Å². The number of halogens is 1. The minimum absolute atomic E-state index is 0. The average Bonchev–Trinajstić information content (AvgIpc) is 3.48. The molecule has 7 heteroatoms. The number of rotatable bonds is 5. The summed E-state index contributed by atoms with van der Waals surface area (Å²) in [5.74, 6) is 4.45. The Balaban J connectivity index is 0.00000205. The van der Waals surface area contributed by atoms with Crippen LogP contribution in [0.25, 0.3) is 0 Å². The third-order valence-electron chi connectivity index (χ3n) is 6.94. The maximum absolute atomic E-state index is 5.48. The zero-order chi connectivity index (χ0) is 18.9. The summed E-state index contributed by atoms with van der Waals surface area (Å²) in [6.45, 7) is 2.86. The van der Waals surface area contributed by atoms with Crippen molar-refractivity contribution in [1.82, 2.24) is 20.0 Å². The molecule has 1 saturated heterocycles. The quantitative estimate of drug-likeness (QED) is 0.379. The smallest absolute Gasteiger partial charge is 0.194 e. The van der Waals surface area contributed by atoms with Crippen LogP contribution in [-0.4, -0.2) is 46.3 Å². The van der Waals surface area contributed by atoms with Crippen LogP contribution in [0, 0.1) is 11.8 Å². The molecular weight excluding hydrogens is 477 g/mol. The van der Waals surface area contributed by atoms with Gasteiger partial charge in [-0.2, -0.15) is 5.10 Å². The lowest BCUT2D eigenvalue weighted by Gasteiger charge is -2.29. The molecule has 2 aromatic heterocycles. The van der Waals surface area contributed by atoms with E-state index in [2.05, 4.69) is 21.5 Å². The normalized spacial score (nSPS) is 28.7. The highest BCUT2D eigenvalue weighted by molar-refractivity contribution is 14.0. The van der Waals surface area contributed by atoms with E-state index >= 15 is 0 Å². The lowest BCUT2D eigenvalue weighted by Crippen LogP contribution is -2.47. The van der Waals surface area contributed by atoms with Crippen LogP contribution in [0.5, 0.6) is 0 Å². The Labute approximate surface area is 190 Å². The van der Waals surface area contributed by atoms with Crippen LogP contribution >= 0.6 is 24.0 Å². The van der Waals surface area contributed by atoms with Crippen molar-refractivity contribution in [2.45, 2.75) is 50.5 Å². The van der Waals surface area contributed by atoms with E-state index in [0.29, 0.717) is 12.0 Å². The van der Waals surface area contributed by atoms with Gasteiger partial charge in [-0.05, 0) is 55.2 Å². The van der Waals surface area contributed by atoms with E-state index in [0.717, 1.165) is 49.6 Å². The number of aryl methyl sites for hydroxylation is 1. The number of fused-ring (bicyclic) bond motifs is 2. The van der Waals surface area contributed by atoms with Crippen molar-refractivity contribution in [3.05, 3.63) is 42.1 Å². The Morgan fingerprint density at radius 1 is 1.31 bits per heavy atom. The number of nitrogens with zero attached hydrogens (tertiary/aromatic N) is 4. The molecule has 0 radical (unpaired) electrons. The van der Waals surface area contributed by atoms with E-state index in [1.54, 1.807) is 6.26 Å². The fourth-order valence-corrected chi connectivity index (χ4v) is 5.43. The van der Waals surface area contributed by atoms with Gasteiger partial charge in [0.15, 0.2) is 5.96 Å². The zero-order valence-corrected chi connectivity index (χ0v) is 19.5. The summed E-state index contributed by atoms with van der Waals surface area (Å²) >= 11 is 0. The van der Waals surface area contributed by atoms with Crippen molar-refractivity contribution in [3.63, 3.8) is 0 Å². The van der Waals surface area contributed by atoms with Crippen LogP contribution in [0.15, 0.2) is 40.2 Å². The van der Waals surface area contributed by atoms with E-state index in [1.165, 1.54) is 37.7 Å². The summed E-state index contributed by atoms with van der Waals surface area (Å²) < 4.78 is 7.39. The van der Waals surface area contributed by atoms with E-state index < -0.39 is 0 Å². The first-order chi connectivity index (χ1) is 13.7. The van der Waals surface area contributed by atoms with Crippen LogP contribution in [-0.2, 0) is 13.5 Å². The Bertz CT molecular complexity index is 817. The van der Waals surface area contributed by atoms with Gasteiger partial charge in [0, 0.05) is 51.3 Å². The summed E-state index contributed by atoms with van der Waals surface area (Å²) in [6.07, 6.45) is 13.5. The molecule has 1 aliphatic heterocycles. The van der Waals surface area contributed by atoms with Crippen LogP contribution in [0.4, 0.5) is 0 Å². The van der Waals surface area contributed by atoms with Gasteiger partial charge in [-0.1, -0.05) is 6.42 Å². The minimum atomic E-state index is 0. The van der Waals surface area contributed by atoms with E-state index in [4.69, 9.17) is 9.41 Å². The predicted octanol–water partition coefficient (Wildman–Crippen LogP) is 3.80. The molecule has 2 aromatic rings. The summed E-state index contributed by atoms with van der Waals surface area (Å²) in [5, 5.41) is 8.23. The highest BCUT2D eigenvalue weighted by Crippen LogP contribution is 2.44. The molecule has 3 fully saturated rings. The van der Waals surface area contributed by atoms with Crippen LogP contribution in [0.3, 0.4) is 0 Å². The van der Waals surface area contributed by atoms with Crippen LogP contribution < -0.4 is 5.32 Å². The lowest BCUT2D eigenvalue weighted by atomic mass is 9.95. The third kappa shape index (κ3) is 4.64. The first-order valence-electron chi connectivity index (χ1n) is 10.8. The van der Waals surface area contributed by atoms with Crippen molar-refractivity contribution in [2.75, 3.05) is 19.6 Å². The molecule has 0 amide bonds. The van der Waals surface area contributed by atoms with Gasteiger partial charge in [0.2, 0.25) is 0 Å². The van der Waals surface area contributed by atoms with Gasteiger partial charge in [-0.3, -0.25) is 9.67 Å². The lowest BCUT2D eigenvalue weighted by molar-refractivity contribution is 0.369. The summed E-state index contributed by atoms with van der Waals surface area (Å²) in [6, 6.07) is 4.60. The zero-order valence-electron chi connectivity index (χ0n) is 17.2. The predicted molar refractivity (Wildman–Crippen MR) is 125 cm³/mol. The van der Waals surface area contributed by atoms with Crippen molar-refractivity contribution in [3.8, 4) is 0 Å². The highest BCUT2D eigenvalue weighted by atomic mass is 127. The number of hydrogen-bond acceptors (Lipinski definition) is 3. The molecule has 3 heterocycles. The second kappa shape index (κ2) is 9.10. The van der Waals surface area contributed by atoms with Gasteiger partial charge in [0.25, 0.3) is 0 Å². The second-order valence-corrected chi connectivity index (χ2v) is 8.84. The SMILES string of the molecule is Cn1cc(C2CCN(C(=NCCc3ccco3)NC3CC4CCC3C4)C2)cn1.I. The van der Waals surface area contributed by atoms with Crippen molar-refractivity contribution < 1.29 is 4.42 Å². The molecular formula is C22H32IN5O. The molecule has 0 spiro atoms. The molecule has 158 valence electrons. The van der Waals surface area contributed by atoms with E-state index in [9.17, 15) is 0 Å². The minimum Gasteiger partial charge on any atom is -0.469 e. The average molecular weight is 509 g/mol. The topological polar surface area (TPSA) is 58.6 Å². The number of hydrogen-bond donors (Lipinski definition) is 1. The maximum atomic E-state index is 5.48. The third-order valence-corrected chi connectivity index (χ3v) is 6.94. The van der Waals surface area contributed by atoms with Crippen molar-refractivity contribution in [2.24, 2.45) is 23.9 Å². The van der Waals surface area contributed by atoms with Gasteiger partial charge < -0.3 is 14.6 Å². The van der Waals surface area contributed by atoms with Crippen molar-refractivity contribution >= 4 is 29.9 Å². The standard InChI is InChI=1S/C22H31N5O.HI/c1-26-14-19(13-24-26)18-7-9-27(15-18)22(23-8-6-20-3-2-10-28-20)25-21-12-16-4-5-17(21)11-16;/h2-3,10,13-14,16-18,21H,4-9,11-12,15H2,1H3,(H,23,25);1H. The number of aromatic nitrogens is 2. The molecule has 1 N–H and O–H groups in total. The molecule has 29 heavy (non-hydrogen) atoms. The molecule has 6 nitrogen and oxygen atoms in total. The Kier molecular flexibility index (Phi) is 6.51.